The van der Waals surface area contributed by atoms with Crippen molar-refractivity contribution in [3.8, 4) is 0 Å². The number of hydrogen-bond donors (Lipinski definition) is 1. The largest absolute Gasteiger partial charge is 0.332 e. The van der Waals surface area contributed by atoms with Crippen LogP contribution >= 0.6 is 0 Å². The van der Waals surface area contributed by atoms with Crippen LogP contribution in [0.25, 0.3) is 11.0 Å². The van der Waals surface area contributed by atoms with Gasteiger partial charge in [0.15, 0.2) is 5.52 Å². The number of amides is 1. The van der Waals surface area contributed by atoms with Gasteiger partial charge in [0.05, 0.1) is 12.2 Å². The molecule has 0 unspecified atom stereocenters. The van der Waals surface area contributed by atoms with E-state index < -0.39 is 35.3 Å². The highest BCUT2D eigenvalue weighted by Gasteiger charge is 2.22. The zero-order chi connectivity index (χ0) is 24.6. The third-order valence-corrected chi connectivity index (χ3v) is 5.59. The molecular weight excluding hydrogens is 444 g/mol. The van der Waals surface area contributed by atoms with Gasteiger partial charge in [0.2, 0.25) is 5.91 Å². The van der Waals surface area contributed by atoms with Gasteiger partial charge in [0, 0.05) is 12.2 Å². The van der Waals surface area contributed by atoms with Crippen LogP contribution in [0, 0.1) is 25.5 Å². The van der Waals surface area contributed by atoms with E-state index in [-0.39, 0.29) is 23.3 Å². The number of nitrogens with zero attached hydrogens (tertiary/aromatic N) is 4. The van der Waals surface area contributed by atoms with E-state index in [9.17, 15) is 23.2 Å². The van der Waals surface area contributed by atoms with Gasteiger partial charge in [0.25, 0.3) is 5.56 Å². The predicted octanol–water partition coefficient (Wildman–Crippen LogP) is 2.96. The van der Waals surface area contributed by atoms with Crippen LogP contribution in [-0.4, -0.2) is 24.8 Å². The highest BCUT2D eigenvalue weighted by molar-refractivity contribution is 5.91. The average molecular weight is 467 g/mol. The first kappa shape index (κ1) is 23.1. The van der Waals surface area contributed by atoms with Gasteiger partial charge in [-0.3, -0.25) is 23.4 Å². The molecule has 0 aliphatic carbocycles. The molecule has 4 aromatic rings. The maximum Gasteiger partial charge on any atom is 0.332 e. The Morgan fingerprint density at radius 1 is 1.00 bits per heavy atom. The van der Waals surface area contributed by atoms with E-state index >= 15 is 0 Å². The molecule has 0 saturated heterocycles. The molecule has 4 rings (SSSR count). The zero-order valence-corrected chi connectivity index (χ0v) is 18.9. The smallest absolute Gasteiger partial charge is 0.324 e. The van der Waals surface area contributed by atoms with Crippen molar-refractivity contribution in [2.24, 2.45) is 0 Å². The van der Waals surface area contributed by atoms with Crippen molar-refractivity contribution in [3.63, 3.8) is 0 Å². The topological polar surface area (TPSA) is 90.9 Å². The van der Waals surface area contributed by atoms with Gasteiger partial charge >= 0.3 is 5.69 Å². The summed E-state index contributed by atoms with van der Waals surface area (Å²) in [5.41, 5.74) is 0.854. The summed E-state index contributed by atoms with van der Waals surface area (Å²) in [7, 11) is 0. The van der Waals surface area contributed by atoms with E-state index in [2.05, 4.69) is 10.4 Å². The second-order valence-corrected chi connectivity index (χ2v) is 8.00. The van der Waals surface area contributed by atoms with Crippen LogP contribution < -0.4 is 16.6 Å². The predicted molar refractivity (Wildman–Crippen MR) is 124 cm³/mol. The number of hydrogen-bond acceptors (Lipinski definition) is 4. The molecule has 10 heteroatoms. The van der Waals surface area contributed by atoms with Crippen LogP contribution in [0.4, 0.5) is 14.5 Å². The molecule has 34 heavy (non-hydrogen) atoms. The summed E-state index contributed by atoms with van der Waals surface area (Å²) in [6, 6.07) is 9.74. The highest BCUT2D eigenvalue weighted by atomic mass is 19.1. The number of nitrogens with one attached hydrogen (secondary N) is 1. The lowest BCUT2D eigenvalue weighted by atomic mass is 10.2. The number of benzene rings is 2. The summed E-state index contributed by atoms with van der Waals surface area (Å²) in [5, 5.41) is 6.94. The summed E-state index contributed by atoms with van der Waals surface area (Å²) in [4.78, 5) is 39.5. The van der Waals surface area contributed by atoms with E-state index in [1.165, 1.54) is 45.6 Å². The van der Waals surface area contributed by atoms with E-state index in [1.807, 2.05) is 6.92 Å². The molecule has 0 atom stereocenters. The Kier molecular flexibility index (Phi) is 6.14. The molecular formula is C24H23F2N5O3. The van der Waals surface area contributed by atoms with Crippen molar-refractivity contribution in [1.29, 1.82) is 0 Å². The number of carbonyl (C=O) groups is 1. The standard InChI is InChI=1S/C24H23F2N5O3/c1-4-31-22-21(15(3)28-31)29(13-20(32)27-18-10-5-14(2)19(26)11-18)24(34)30(23(22)33)12-16-6-8-17(25)9-7-16/h5-11H,4,12-13H2,1-3H3,(H,27,32). The van der Waals surface area contributed by atoms with Crippen molar-refractivity contribution < 1.29 is 13.6 Å². The van der Waals surface area contributed by atoms with Crippen LogP contribution in [0.15, 0.2) is 52.1 Å². The Balaban J connectivity index is 1.81. The number of anilines is 1. The lowest BCUT2D eigenvalue weighted by Crippen LogP contribution is -2.42. The molecule has 0 saturated carbocycles. The van der Waals surface area contributed by atoms with Crippen molar-refractivity contribution in [2.45, 2.75) is 40.4 Å². The summed E-state index contributed by atoms with van der Waals surface area (Å²) in [5.74, 6) is -1.47. The second kappa shape index (κ2) is 9.05. The van der Waals surface area contributed by atoms with Gasteiger partial charge in [-0.05, 0) is 56.2 Å². The third-order valence-electron chi connectivity index (χ3n) is 5.59. The molecule has 176 valence electrons. The van der Waals surface area contributed by atoms with Crippen molar-refractivity contribution in [3.05, 3.63) is 91.8 Å². The number of aryl methyl sites for hydroxylation is 3. The SMILES string of the molecule is CCn1nc(C)c2c1c(=O)n(Cc1ccc(F)cc1)c(=O)n2CC(=O)Nc1ccc(C)c(F)c1. The molecule has 2 aromatic heterocycles. The number of carbonyl (C=O) groups excluding carboxylic acids is 1. The molecule has 0 aliphatic rings. The van der Waals surface area contributed by atoms with Gasteiger partial charge in [-0.25, -0.2) is 13.6 Å². The normalized spacial score (nSPS) is 11.2. The first-order valence-corrected chi connectivity index (χ1v) is 10.7. The highest BCUT2D eigenvalue weighted by Crippen LogP contribution is 2.16. The van der Waals surface area contributed by atoms with E-state index in [4.69, 9.17) is 0 Å². The minimum atomic E-state index is -0.703. The Bertz CT molecular complexity index is 1520. The molecule has 8 nitrogen and oxygen atoms in total. The fourth-order valence-electron chi connectivity index (χ4n) is 3.86. The minimum Gasteiger partial charge on any atom is -0.324 e. The molecule has 0 spiro atoms. The molecule has 2 aromatic carbocycles. The quantitative estimate of drug-likeness (QED) is 0.472. The second-order valence-electron chi connectivity index (χ2n) is 8.00. The Labute approximate surface area is 193 Å². The summed E-state index contributed by atoms with van der Waals surface area (Å²) < 4.78 is 30.9. The summed E-state index contributed by atoms with van der Waals surface area (Å²) >= 11 is 0. The van der Waals surface area contributed by atoms with Gasteiger partial charge < -0.3 is 5.32 Å². The Morgan fingerprint density at radius 2 is 1.71 bits per heavy atom. The van der Waals surface area contributed by atoms with Crippen LogP contribution in [0.2, 0.25) is 0 Å². The van der Waals surface area contributed by atoms with E-state index in [0.29, 0.717) is 23.4 Å². The maximum atomic E-state index is 13.9. The zero-order valence-electron chi connectivity index (χ0n) is 18.9. The first-order chi connectivity index (χ1) is 16.2. The van der Waals surface area contributed by atoms with Crippen LogP contribution in [0.1, 0.15) is 23.7 Å². The number of rotatable bonds is 6. The van der Waals surface area contributed by atoms with Gasteiger partial charge in [-0.2, -0.15) is 5.10 Å². The average Bonchev–Trinajstić information content (AvgIpc) is 3.14. The maximum absolute atomic E-state index is 13.9. The van der Waals surface area contributed by atoms with Crippen LogP contribution in [0.5, 0.6) is 0 Å². The third kappa shape index (κ3) is 4.26. The lowest BCUT2D eigenvalue weighted by molar-refractivity contribution is -0.116. The van der Waals surface area contributed by atoms with Crippen LogP contribution in [-0.2, 0) is 24.4 Å². The molecule has 0 bridgehead atoms. The van der Waals surface area contributed by atoms with Gasteiger partial charge in [-0.1, -0.05) is 18.2 Å². The molecule has 1 N–H and O–H groups in total. The van der Waals surface area contributed by atoms with Gasteiger partial charge in [0.1, 0.15) is 23.7 Å². The summed E-state index contributed by atoms with van der Waals surface area (Å²) in [6.45, 7) is 4.93. The lowest BCUT2D eigenvalue weighted by Gasteiger charge is -2.13. The fourth-order valence-corrected chi connectivity index (χ4v) is 3.86. The first-order valence-electron chi connectivity index (χ1n) is 10.7. The van der Waals surface area contributed by atoms with E-state index in [1.54, 1.807) is 19.9 Å². The minimum absolute atomic E-state index is 0.105. The molecule has 0 radical (unpaired) electrons. The van der Waals surface area contributed by atoms with Crippen LogP contribution in [0.3, 0.4) is 0 Å². The monoisotopic (exact) mass is 467 g/mol. The Morgan fingerprint density at radius 3 is 2.35 bits per heavy atom. The Hall–Kier alpha value is -4.08. The van der Waals surface area contributed by atoms with Crippen molar-refractivity contribution in [1.82, 2.24) is 18.9 Å². The molecule has 0 aliphatic heterocycles. The molecule has 0 fully saturated rings. The van der Waals surface area contributed by atoms with Crippen molar-refractivity contribution >= 4 is 22.6 Å². The van der Waals surface area contributed by atoms with Gasteiger partial charge in [-0.15, -0.1) is 0 Å². The summed E-state index contributed by atoms with van der Waals surface area (Å²) in [6.07, 6.45) is 0. The number of fused-ring (bicyclic) bond motifs is 1. The fraction of sp³-hybridized carbons (Fsp3) is 0.250. The molecule has 1 amide bonds. The number of aromatic nitrogens is 4. The van der Waals surface area contributed by atoms with Crippen molar-refractivity contribution in [2.75, 3.05) is 5.32 Å². The van der Waals surface area contributed by atoms with E-state index in [0.717, 1.165) is 4.57 Å². The number of halogens is 2. The molecule has 2 heterocycles.